The van der Waals surface area contributed by atoms with Gasteiger partial charge in [0.15, 0.2) is 0 Å². The number of carbonyl (C=O) groups is 1. The van der Waals surface area contributed by atoms with Crippen LogP contribution in [0.3, 0.4) is 0 Å². The number of hydrogen-bond donors (Lipinski definition) is 2. The van der Waals surface area contributed by atoms with E-state index in [9.17, 15) is 9.90 Å². The predicted octanol–water partition coefficient (Wildman–Crippen LogP) is 2.69. The summed E-state index contributed by atoms with van der Waals surface area (Å²) in [6.07, 6.45) is 0.888. The molecule has 2 rings (SSSR count). The fourth-order valence-electron chi connectivity index (χ4n) is 3.12. The van der Waals surface area contributed by atoms with Crippen molar-refractivity contribution in [3.05, 3.63) is 22.4 Å². The topological polar surface area (TPSA) is 55.8 Å². The maximum atomic E-state index is 12.6. The van der Waals surface area contributed by atoms with Crippen LogP contribution in [0, 0.1) is 0 Å². The number of hydrogen-bond acceptors (Lipinski definition) is 4. The lowest BCUT2D eigenvalue weighted by Crippen LogP contribution is -2.58. The first-order valence-electron chi connectivity index (χ1n) is 8.35. The summed E-state index contributed by atoms with van der Waals surface area (Å²) in [5.74, 6) is 0. The Morgan fingerprint density at radius 2 is 2.26 bits per heavy atom. The highest BCUT2D eigenvalue weighted by Crippen LogP contribution is 2.22. The number of β-amino-alcohol motifs (C(OH)–C–C–N with tert-alkyl or cyclic N) is 1. The SMILES string of the molecule is CC[C@H](NC(=O)N1CCN(CC(C)(C)O)C[C@H]1C)c1cccs1. The van der Waals surface area contributed by atoms with Crippen LogP contribution in [-0.2, 0) is 0 Å². The third kappa shape index (κ3) is 5.19. The molecular weight excluding hydrogens is 310 g/mol. The quantitative estimate of drug-likeness (QED) is 0.867. The summed E-state index contributed by atoms with van der Waals surface area (Å²) < 4.78 is 0. The number of urea groups is 1. The van der Waals surface area contributed by atoms with E-state index in [-0.39, 0.29) is 18.1 Å². The van der Waals surface area contributed by atoms with Gasteiger partial charge in [0.05, 0.1) is 11.6 Å². The minimum atomic E-state index is -0.698. The molecule has 0 aromatic carbocycles. The molecule has 1 aliphatic rings. The molecule has 0 unspecified atom stereocenters. The Morgan fingerprint density at radius 1 is 1.52 bits per heavy atom. The third-order valence-electron chi connectivity index (χ3n) is 4.18. The van der Waals surface area contributed by atoms with Gasteiger partial charge < -0.3 is 15.3 Å². The van der Waals surface area contributed by atoms with Crippen LogP contribution in [-0.4, -0.2) is 58.8 Å². The number of nitrogens with zero attached hydrogens (tertiary/aromatic N) is 2. The summed E-state index contributed by atoms with van der Waals surface area (Å²) in [5, 5.41) is 15.2. The Morgan fingerprint density at radius 3 is 2.78 bits per heavy atom. The van der Waals surface area contributed by atoms with Crippen LogP contribution in [0.4, 0.5) is 4.79 Å². The zero-order valence-electron chi connectivity index (χ0n) is 14.6. The molecule has 0 bridgehead atoms. The fraction of sp³-hybridized carbons (Fsp3) is 0.706. The van der Waals surface area contributed by atoms with Gasteiger partial charge in [-0.15, -0.1) is 11.3 Å². The van der Waals surface area contributed by atoms with E-state index in [1.807, 2.05) is 30.2 Å². The normalized spacial score (nSPS) is 21.3. The summed E-state index contributed by atoms with van der Waals surface area (Å²) in [5.41, 5.74) is -0.698. The highest BCUT2D eigenvalue weighted by molar-refractivity contribution is 7.10. The molecule has 2 atom stereocenters. The maximum absolute atomic E-state index is 12.6. The molecule has 1 aromatic heterocycles. The number of piperazine rings is 1. The number of rotatable bonds is 5. The number of aliphatic hydroxyl groups is 1. The van der Waals surface area contributed by atoms with Gasteiger partial charge in [0, 0.05) is 37.1 Å². The van der Waals surface area contributed by atoms with E-state index >= 15 is 0 Å². The minimum absolute atomic E-state index is 0.0145. The highest BCUT2D eigenvalue weighted by Gasteiger charge is 2.30. The van der Waals surface area contributed by atoms with Crippen molar-refractivity contribution in [3.8, 4) is 0 Å². The Kier molecular flexibility index (Phi) is 6.06. The average molecular weight is 340 g/mol. The van der Waals surface area contributed by atoms with Crippen molar-refractivity contribution in [2.75, 3.05) is 26.2 Å². The van der Waals surface area contributed by atoms with E-state index in [0.717, 1.165) is 19.5 Å². The molecule has 130 valence electrons. The molecule has 0 spiro atoms. The van der Waals surface area contributed by atoms with Gasteiger partial charge in [-0.1, -0.05) is 13.0 Å². The molecule has 1 fully saturated rings. The van der Waals surface area contributed by atoms with Gasteiger partial charge in [-0.3, -0.25) is 4.90 Å². The van der Waals surface area contributed by atoms with Gasteiger partial charge in [0.1, 0.15) is 0 Å². The Labute approximate surface area is 143 Å². The molecule has 1 aromatic rings. The Balaban J connectivity index is 1.91. The van der Waals surface area contributed by atoms with Gasteiger partial charge in [-0.25, -0.2) is 4.79 Å². The highest BCUT2D eigenvalue weighted by atomic mass is 32.1. The van der Waals surface area contributed by atoms with E-state index in [4.69, 9.17) is 0 Å². The minimum Gasteiger partial charge on any atom is -0.389 e. The van der Waals surface area contributed by atoms with Crippen LogP contribution in [0.2, 0.25) is 0 Å². The van der Waals surface area contributed by atoms with Crippen LogP contribution in [0.1, 0.15) is 45.0 Å². The van der Waals surface area contributed by atoms with E-state index in [1.54, 1.807) is 11.3 Å². The van der Waals surface area contributed by atoms with Crippen molar-refractivity contribution in [2.24, 2.45) is 0 Å². The second kappa shape index (κ2) is 7.64. The molecule has 5 nitrogen and oxygen atoms in total. The molecule has 2 N–H and O–H groups in total. The first-order valence-corrected chi connectivity index (χ1v) is 9.23. The van der Waals surface area contributed by atoms with Gasteiger partial charge in [-0.05, 0) is 38.6 Å². The molecule has 1 aliphatic heterocycles. The van der Waals surface area contributed by atoms with Crippen LogP contribution < -0.4 is 5.32 Å². The molecule has 2 amide bonds. The van der Waals surface area contributed by atoms with E-state index in [2.05, 4.69) is 30.1 Å². The smallest absolute Gasteiger partial charge is 0.318 e. The second-order valence-electron chi connectivity index (χ2n) is 7.02. The Hall–Kier alpha value is -1.11. The number of carbonyl (C=O) groups excluding carboxylic acids is 1. The van der Waals surface area contributed by atoms with Crippen LogP contribution in [0.15, 0.2) is 17.5 Å². The summed E-state index contributed by atoms with van der Waals surface area (Å²) in [6, 6.07) is 4.34. The van der Waals surface area contributed by atoms with Gasteiger partial charge in [0.25, 0.3) is 0 Å². The molecule has 1 saturated heterocycles. The summed E-state index contributed by atoms with van der Waals surface area (Å²) in [6.45, 7) is 10.7. The van der Waals surface area contributed by atoms with Crippen molar-refractivity contribution >= 4 is 17.4 Å². The van der Waals surface area contributed by atoms with Gasteiger partial charge >= 0.3 is 6.03 Å². The zero-order valence-corrected chi connectivity index (χ0v) is 15.4. The molecule has 6 heteroatoms. The third-order valence-corrected chi connectivity index (χ3v) is 5.16. The molecule has 0 aliphatic carbocycles. The first-order chi connectivity index (χ1) is 10.8. The van der Waals surface area contributed by atoms with Crippen LogP contribution in [0.5, 0.6) is 0 Å². The largest absolute Gasteiger partial charge is 0.389 e. The standard InChI is InChI=1S/C17H29N3O2S/c1-5-14(15-7-6-10-23-15)18-16(21)20-9-8-19(11-13(20)2)12-17(3,4)22/h6-7,10,13-14,22H,5,8-9,11-12H2,1-4H3,(H,18,21)/t13-,14+/m1/s1. The first kappa shape index (κ1) is 18.2. The van der Waals surface area contributed by atoms with Crippen molar-refractivity contribution in [3.63, 3.8) is 0 Å². The predicted molar refractivity (Wildman–Crippen MR) is 94.8 cm³/mol. The lowest BCUT2D eigenvalue weighted by Gasteiger charge is -2.41. The van der Waals surface area contributed by atoms with Crippen molar-refractivity contribution in [2.45, 2.75) is 51.8 Å². The zero-order chi connectivity index (χ0) is 17.0. The van der Waals surface area contributed by atoms with E-state index < -0.39 is 5.60 Å². The molecular formula is C17H29N3O2S. The van der Waals surface area contributed by atoms with Crippen molar-refractivity contribution in [1.29, 1.82) is 0 Å². The monoisotopic (exact) mass is 339 g/mol. The lowest BCUT2D eigenvalue weighted by molar-refractivity contribution is 0.0117. The number of amides is 2. The van der Waals surface area contributed by atoms with Crippen molar-refractivity contribution in [1.82, 2.24) is 15.1 Å². The molecule has 0 saturated carbocycles. The average Bonchev–Trinajstić information content (AvgIpc) is 2.96. The Bertz CT molecular complexity index is 498. The summed E-state index contributed by atoms with van der Waals surface area (Å²) >= 11 is 1.68. The number of thiophene rings is 1. The summed E-state index contributed by atoms with van der Waals surface area (Å²) in [4.78, 5) is 18.0. The molecule has 2 heterocycles. The maximum Gasteiger partial charge on any atom is 0.318 e. The van der Waals surface area contributed by atoms with Gasteiger partial charge in [-0.2, -0.15) is 0 Å². The van der Waals surface area contributed by atoms with Gasteiger partial charge in [0.2, 0.25) is 0 Å². The second-order valence-corrected chi connectivity index (χ2v) is 7.99. The van der Waals surface area contributed by atoms with Crippen molar-refractivity contribution < 1.29 is 9.90 Å². The van der Waals surface area contributed by atoms with Crippen LogP contribution >= 0.6 is 11.3 Å². The molecule has 0 radical (unpaired) electrons. The van der Waals surface area contributed by atoms with E-state index in [1.165, 1.54) is 4.88 Å². The van der Waals surface area contributed by atoms with Crippen LogP contribution in [0.25, 0.3) is 0 Å². The summed E-state index contributed by atoms with van der Waals surface area (Å²) in [7, 11) is 0. The number of nitrogens with one attached hydrogen (secondary N) is 1. The molecule has 23 heavy (non-hydrogen) atoms. The lowest BCUT2D eigenvalue weighted by atomic mass is 10.1. The fourth-order valence-corrected chi connectivity index (χ4v) is 3.98. The van der Waals surface area contributed by atoms with E-state index in [0.29, 0.717) is 13.1 Å².